The molecule has 1 fully saturated rings. The van der Waals surface area contributed by atoms with Crippen molar-refractivity contribution in [1.82, 2.24) is 14.7 Å². The molecule has 1 saturated carbocycles. The number of aromatic nitrogens is 2. The number of aryl methyl sites for hydroxylation is 1. The number of imidazole rings is 1. The fraction of sp³-hybridized carbons (Fsp3) is 0.391. The third kappa shape index (κ3) is 2.86. The number of hydrogen-bond donors (Lipinski definition) is 1. The normalized spacial score (nSPS) is 18.6. The predicted octanol–water partition coefficient (Wildman–Crippen LogP) is 4.34. The molecule has 5 heteroatoms. The third-order valence-corrected chi connectivity index (χ3v) is 6.16. The number of carbonyl (C=O) groups excluding carboxylic acids is 1. The molecule has 1 unspecified atom stereocenters. The molecule has 0 bridgehead atoms. The largest absolute Gasteiger partial charge is 0.493 e. The average molecular weight is 375 g/mol. The summed E-state index contributed by atoms with van der Waals surface area (Å²) >= 11 is 0. The van der Waals surface area contributed by atoms with Crippen LogP contribution >= 0.6 is 0 Å². The Bertz CT molecular complexity index is 1070. The van der Waals surface area contributed by atoms with Crippen molar-refractivity contribution in [3.8, 4) is 5.75 Å². The molecule has 1 aliphatic carbocycles. The van der Waals surface area contributed by atoms with E-state index in [9.17, 15) is 4.79 Å². The zero-order chi connectivity index (χ0) is 19.3. The molecule has 1 aliphatic heterocycles. The second-order valence-electron chi connectivity index (χ2n) is 8.13. The van der Waals surface area contributed by atoms with Crippen molar-refractivity contribution in [1.29, 1.82) is 0 Å². The minimum Gasteiger partial charge on any atom is -0.493 e. The van der Waals surface area contributed by atoms with Gasteiger partial charge in [0.1, 0.15) is 17.1 Å². The van der Waals surface area contributed by atoms with Crippen LogP contribution in [0.25, 0.3) is 5.65 Å². The van der Waals surface area contributed by atoms with E-state index in [2.05, 4.69) is 35.4 Å². The molecular weight excluding hydrogens is 350 g/mol. The van der Waals surface area contributed by atoms with Crippen LogP contribution in [-0.4, -0.2) is 21.9 Å². The Morgan fingerprint density at radius 3 is 2.93 bits per heavy atom. The summed E-state index contributed by atoms with van der Waals surface area (Å²) in [4.78, 5) is 17.5. The van der Waals surface area contributed by atoms with Gasteiger partial charge in [-0.05, 0) is 61.1 Å². The Morgan fingerprint density at radius 1 is 1.29 bits per heavy atom. The van der Waals surface area contributed by atoms with Gasteiger partial charge in [0.25, 0.3) is 5.91 Å². The maximum atomic E-state index is 12.9. The first kappa shape index (κ1) is 17.3. The molecule has 3 aromatic rings. The Kier molecular flexibility index (Phi) is 4.11. The molecule has 0 spiro atoms. The van der Waals surface area contributed by atoms with Crippen LogP contribution in [0, 0.1) is 6.92 Å². The highest BCUT2D eigenvalue weighted by Crippen LogP contribution is 2.37. The van der Waals surface area contributed by atoms with Crippen LogP contribution in [0.5, 0.6) is 5.75 Å². The van der Waals surface area contributed by atoms with E-state index in [0.717, 1.165) is 29.3 Å². The lowest BCUT2D eigenvalue weighted by Gasteiger charge is -2.25. The zero-order valence-electron chi connectivity index (χ0n) is 16.4. The van der Waals surface area contributed by atoms with Crippen LogP contribution in [0.1, 0.15) is 70.9 Å². The highest BCUT2D eigenvalue weighted by atomic mass is 16.5. The van der Waals surface area contributed by atoms with Gasteiger partial charge in [0, 0.05) is 24.2 Å². The van der Waals surface area contributed by atoms with Gasteiger partial charge >= 0.3 is 0 Å². The van der Waals surface area contributed by atoms with Gasteiger partial charge in [-0.25, -0.2) is 4.98 Å². The van der Waals surface area contributed by atoms with Gasteiger partial charge in [-0.15, -0.1) is 0 Å². The van der Waals surface area contributed by atoms with Crippen LogP contribution < -0.4 is 10.1 Å². The van der Waals surface area contributed by atoms with Gasteiger partial charge in [0.2, 0.25) is 0 Å². The molecule has 1 N–H and O–H groups in total. The average Bonchev–Trinajstić information content (AvgIpc) is 3.17. The lowest BCUT2D eigenvalue weighted by Crippen LogP contribution is -2.25. The molecule has 1 aromatic carbocycles. The Balaban J connectivity index is 1.36. The maximum absolute atomic E-state index is 12.9. The van der Waals surface area contributed by atoms with E-state index in [-0.39, 0.29) is 5.91 Å². The van der Waals surface area contributed by atoms with E-state index < -0.39 is 0 Å². The van der Waals surface area contributed by atoms with Crippen LogP contribution in [0.4, 0.5) is 0 Å². The van der Waals surface area contributed by atoms with Crippen molar-refractivity contribution in [2.75, 3.05) is 6.61 Å². The number of fused-ring (bicyclic) bond motifs is 2. The fourth-order valence-electron chi connectivity index (χ4n) is 4.24. The highest BCUT2D eigenvalue weighted by molar-refractivity contribution is 5.94. The van der Waals surface area contributed by atoms with Crippen molar-refractivity contribution in [2.45, 2.75) is 51.5 Å². The lowest BCUT2D eigenvalue weighted by atomic mass is 9.80. The molecule has 0 saturated heterocycles. The molecule has 3 heterocycles. The van der Waals surface area contributed by atoms with E-state index >= 15 is 0 Å². The molecule has 28 heavy (non-hydrogen) atoms. The first-order chi connectivity index (χ1) is 13.6. The van der Waals surface area contributed by atoms with E-state index in [1.807, 2.05) is 29.7 Å². The summed E-state index contributed by atoms with van der Waals surface area (Å²) in [6.45, 7) is 5.29. The van der Waals surface area contributed by atoms with E-state index in [1.54, 1.807) is 0 Å². The van der Waals surface area contributed by atoms with Crippen molar-refractivity contribution in [3.05, 3.63) is 64.6 Å². The summed E-state index contributed by atoms with van der Waals surface area (Å²) in [5.41, 5.74) is 5.89. The molecule has 144 valence electrons. The summed E-state index contributed by atoms with van der Waals surface area (Å²) in [6.07, 6.45) is 5.82. The first-order valence-electron chi connectivity index (χ1n) is 10.1. The number of carbonyl (C=O) groups is 1. The summed E-state index contributed by atoms with van der Waals surface area (Å²) in [5.74, 6) is 1.93. The SMILES string of the molecule is Cc1nc2cc(C3CCC3)ccn2c1C(=O)NCc1ccc2c(c1)C(C)CO2. The number of hydrogen-bond acceptors (Lipinski definition) is 3. The predicted molar refractivity (Wildman–Crippen MR) is 108 cm³/mol. The van der Waals surface area contributed by atoms with Gasteiger partial charge < -0.3 is 10.1 Å². The molecule has 2 aromatic heterocycles. The van der Waals surface area contributed by atoms with Gasteiger partial charge in [-0.2, -0.15) is 0 Å². The number of nitrogens with zero attached hydrogens (tertiary/aromatic N) is 2. The Hall–Kier alpha value is -2.82. The summed E-state index contributed by atoms with van der Waals surface area (Å²) in [6, 6.07) is 10.4. The van der Waals surface area contributed by atoms with Gasteiger partial charge in [-0.1, -0.05) is 19.4 Å². The smallest absolute Gasteiger partial charge is 0.270 e. The third-order valence-electron chi connectivity index (χ3n) is 6.16. The molecule has 5 rings (SSSR count). The summed E-state index contributed by atoms with van der Waals surface area (Å²) < 4.78 is 7.56. The second-order valence-corrected chi connectivity index (χ2v) is 8.13. The van der Waals surface area contributed by atoms with Gasteiger partial charge in [0.05, 0.1) is 12.3 Å². The Labute approximate surface area is 164 Å². The number of amides is 1. The van der Waals surface area contributed by atoms with Crippen molar-refractivity contribution >= 4 is 11.6 Å². The quantitative estimate of drug-likeness (QED) is 0.738. The van der Waals surface area contributed by atoms with Crippen LogP contribution in [0.15, 0.2) is 36.5 Å². The molecular formula is C23H25N3O2. The molecule has 1 amide bonds. The number of rotatable bonds is 4. The van der Waals surface area contributed by atoms with Gasteiger partial charge in [0.15, 0.2) is 0 Å². The standard InChI is InChI=1S/C23H25N3O2/c1-14-13-28-20-7-6-16(10-19(14)20)12-24-23(27)22-15(2)25-21-11-18(8-9-26(21)22)17-4-3-5-17/h6-11,14,17H,3-5,12-13H2,1-2H3,(H,24,27). The van der Waals surface area contributed by atoms with Crippen molar-refractivity contribution < 1.29 is 9.53 Å². The molecule has 5 nitrogen and oxygen atoms in total. The molecule has 2 aliphatic rings. The van der Waals surface area contributed by atoms with Crippen molar-refractivity contribution in [3.63, 3.8) is 0 Å². The topological polar surface area (TPSA) is 55.6 Å². The number of pyridine rings is 1. The zero-order valence-corrected chi connectivity index (χ0v) is 16.4. The Morgan fingerprint density at radius 2 is 2.14 bits per heavy atom. The maximum Gasteiger partial charge on any atom is 0.270 e. The lowest BCUT2D eigenvalue weighted by molar-refractivity contribution is 0.0944. The first-order valence-corrected chi connectivity index (χ1v) is 10.1. The van der Waals surface area contributed by atoms with Gasteiger partial charge in [-0.3, -0.25) is 9.20 Å². The number of nitrogens with one attached hydrogen (secondary N) is 1. The summed E-state index contributed by atoms with van der Waals surface area (Å²) in [7, 11) is 0. The molecule has 1 atom stereocenters. The minimum absolute atomic E-state index is 0.0915. The van der Waals surface area contributed by atoms with E-state index in [1.165, 1.54) is 30.4 Å². The number of benzene rings is 1. The van der Waals surface area contributed by atoms with Crippen LogP contribution in [-0.2, 0) is 6.54 Å². The highest BCUT2D eigenvalue weighted by Gasteiger charge is 2.23. The van der Waals surface area contributed by atoms with E-state index in [4.69, 9.17) is 4.74 Å². The number of ether oxygens (including phenoxy) is 1. The monoisotopic (exact) mass is 375 g/mol. The minimum atomic E-state index is -0.0915. The molecule has 0 radical (unpaired) electrons. The van der Waals surface area contributed by atoms with E-state index in [0.29, 0.717) is 24.1 Å². The van der Waals surface area contributed by atoms with Crippen LogP contribution in [0.3, 0.4) is 0 Å². The summed E-state index contributed by atoms with van der Waals surface area (Å²) in [5, 5.41) is 3.06. The second kappa shape index (κ2) is 6.66. The van der Waals surface area contributed by atoms with Crippen LogP contribution in [0.2, 0.25) is 0 Å². The fourth-order valence-corrected chi connectivity index (χ4v) is 4.24. The van der Waals surface area contributed by atoms with Crippen molar-refractivity contribution in [2.24, 2.45) is 0 Å².